The fraction of sp³-hybridized carbons (Fsp3) is 0.429. The van der Waals surface area contributed by atoms with Gasteiger partial charge >= 0.3 is 0 Å². The Kier molecular flexibility index (Phi) is 4.93. The molecule has 2 aromatic rings. The second-order valence-electron chi connectivity index (χ2n) is 4.73. The first kappa shape index (κ1) is 14.5. The van der Waals surface area contributed by atoms with E-state index in [-0.39, 0.29) is 6.04 Å². The molecule has 0 bridgehead atoms. The minimum atomic E-state index is 0.284. The fourth-order valence-corrected chi connectivity index (χ4v) is 3.26. The second-order valence-corrected chi connectivity index (χ2v) is 6.52. The van der Waals surface area contributed by atoms with Gasteiger partial charge in [0.25, 0.3) is 0 Å². The zero-order chi connectivity index (χ0) is 13.8. The molecule has 2 heterocycles. The average molecular weight is 340 g/mol. The van der Waals surface area contributed by atoms with Gasteiger partial charge in [-0.1, -0.05) is 26.8 Å². The molecule has 5 heteroatoms. The van der Waals surface area contributed by atoms with Crippen molar-refractivity contribution in [1.29, 1.82) is 0 Å². The second kappa shape index (κ2) is 6.48. The summed E-state index contributed by atoms with van der Waals surface area (Å²) >= 11 is 5.22. The molecule has 1 atom stereocenters. The van der Waals surface area contributed by atoms with Crippen molar-refractivity contribution in [2.45, 2.75) is 33.2 Å². The lowest BCUT2D eigenvalue weighted by Crippen LogP contribution is -2.17. The number of rotatable bonds is 5. The number of hydrogen-bond donors (Lipinski definition) is 1. The SMILES string of the molecule is CCc1nc(Br)cc(NC(c2cccs2)C(C)C)n1. The number of hydrogen-bond acceptors (Lipinski definition) is 4. The summed E-state index contributed by atoms with van der Waals surface area (Å²) in [4.78, 5) is 10.2. The summed E-state index contributed by atoms with van der Waals surface area (Å²) in [5.41, 5.74) is 0. The van der Waals surface area contributed by atoms with Crippen LogP contribution >= 0.6 is 27.3 Å². The number of aromatic nitrogens is 2. The quantitative estimate of drug-likeness (QED) is 0.804. The minimum absolute atomic E-state index is 0.284. The molecule has 0 aliphatic rings. The molecule has 2 aromatic heterocycles. The van der Waals surface area contributed by atoms with E-state index in [1.54, 1.807) is 11.3 Å². The van der Waals surface area contributed by atoms with Crippen LogP contribution in [-0.4, -0.2) is 9.97 Å². The highest BCUT2D eigenvalue weighted by Gasteiger charge is 2.17. The predicted molar refractivity (Wildman–Crippen MR) is 84.6 cm³/mol. The van der Waals surface area contributed by atoms with Crippen LogP contribution in [0.5, 0.6) is 0 Å². The van der Waals surface area contributed by atoms with Crippen molar-refractivity contribution >= 4 is 33.1 Å². The van der Waals surface area contributed by atoms with Crippen LogP contribution in [0, 0.1) is 5.92 Å². The summed E-state index contributed by atoms with van der Waals surface area (Å²) in [5, 5.41) is 5.64. The Morgan fingerprint density at radius 1 is 1.37 bits per heavy atom. The number of aryl methyl sites for hydroxylation is 1. The van der Waals surface area contributed by atoms with E-state index in [4.69, 9.17) is 0 Å². The third-order valence-electron chi connectivity index (χ3n) is 2.88. The zero-order valence-electron chi connectivity index (χ0n) is 11.4. The lowest BCUT2D eigenvalue weighted by Gasteiger charge is -2.22. The zero-order valence-corrected chi connectivity index (χ0v) is 13.8. The van der Waals surface area contributed by atoms with Gasteiger partial charge in [0.1, 0.15) is 16.2 Å². The number of anilines is 1. The van der Waals surface area contributed by atoms with Crippen molar-refractivity contribution in [3.63, 3.8) is 0 Å². The Hall–Kier alpha value is -0.940. The van der Waals surface area contributed by atoms with E-state index in [9.17, 15) is 0 Å². The summed E-state index contributed by atoms with van der Waals surface area (Å²) in [6.45, 7) is 6.49. The first-order chi connectivity index (χ1) is 9.10. The van der Waals surface area contributed by atoms with Crippen LogP contribution in [0.4, 0.5) is 5.82 Å². The van der Waals surface area contributed by atoms with E-state index in [0.29, 0.717) is 5.92 Å². The van der Waals surface area contributed by atoms with Crippen molar-refractivity contribution in [1.82, 2.24) is 9.97 Å². The maximum atomic E-state index is 4.54. The molecule has 0 aliphatic carbocycles. The van der Waals surface area contributed by atoms with Crippen LogP contribution in [0.1, 0.15) is 37.5 Å². The van der Waals surface area contributed by atoms with Gasteiger partial charge in [-0.15, -0.1) is 11.3 Å². The molecule has 102 valence electrons. The summed E-state index contributed by atoms with van der Waals surface area (Å²) in [6, 6.07) is 6.47. The van der Waals surface area contributed by atoms with Gasteiger partial charge in [-0.25, -0.2) is 9.97 Å². The van der Waals surface area contributed by atoms with Crippen LogP contribution in [0.3, 0.4) is 0 Å². The third-order valence-corrected chi connectivity index (χ3v) is 4.24. The van der Waals surface area contributed by atoms with Gasteiger partial charge < -0.3 is 5.32 Å². The van der Waals surface area contributed by atoms with Crippen molar-refractivity contribution in [3.8, 4) is 0 Å². The Morgan fingerprint density at radius 2 is 2.16 bits per heavy atom. The summed E-state index contributed by atoms with van der Waals surface area (Å²) in [6.07, 6.45) is 0.833. The summed E-state index contributed by atoms with van der Waals surface area (Å²) in [7, 11) is 0. The van der Waals surface area contributed by atoms with Crippen LogP contribution < -0.4 is 5.32 Å². The maximum absolute atomic E-state index is 4.54. The van der Waals surface area contributed by atoms with Crippen molar-refractivity contribution in [2.75, 3.05) is 5.32 Å². The first-order valence-electron chi connectivity index (χ1n) is 6.43. The van der Waals surface area contributed by atoms with Crippen molar-refractivity contribution < 1.29 is 0 Å². The first-order valence-corrected chi connectivity index (χ1v) is 8.10. The monoisotopic (exact) mass is 339 g/mol. The van der Waals surface area contributed by atoms with Crippen molar-refractivity contribution in [2.24, 2.45) is 5.92 Å². The fourth-order valence-electron chi connectivity index (χ4n) is 1.89. The topological polar surface area (TPSA) is 37.8 Å². The molecule has 19 heavy (non-hydrogen) atoms. The van der Waals surface area contributed by atoms with E-state index in [2.05, 4.69) is 69.5 Å². The standard InChI is InChI=1S/C14H18BrN3S/c1-4-12-16-11(15)8-13(17-12)18-14(9(2)3)10-6-5-7-19-10/h5-9,14H,4H2,1-3H3,(H,16,17,18). The van der Waals surface area contributed by atoms with Crippen LogP contribution in [0.15, 0.2) is 28.2 Å². The molecular weight excluding hydrogens is 322 g/mol. The lowest BCUT2D eigenvalue weighted by molar-refractivity contribution is 0.551. The molecule has 0 fully saturated rings. The summed E-state index contributed by atoms with van der Waals surface area (Å²) < 4.78 is 0.829. The maximum Gasteiger partial charge on any atom is 0.131 e. The van der Waals surface area contributed by atoms with Gasteiger partial charge in [0.05, 0.1) is 6.04 Å². The highest BCUT2D eigenvalue weighted by atomic mass is 79.9. The molecule has 0 aromatic carbocycles. The molecule has 0 spiro atoms. The number of thiophene rings is 1. The highest BCUT2D eigenvalue weighted by molar-refractivity contribution is 9.10. The van der Waals surface area contributed by atoms with Crippen molar-refractivity contribution in [3.05, 3.63) is 38.9 Å². The van der Waals surface area contributed by atoms with Gasteiger partial charge in [0.2, 0.25) is 0 Å². The van der Waals surface area contributed by atoms with Gasteiger partial charge in [-0.05, 0) is 33.3 Å². The van der Waals surface area contributed by atoms with Gasteiger partial charge in [-0.3, -0.25) is 0 Å². The predicted octanol–water partition coefficient (Wildman–Crippen LogP) is 4.67. The molecule has 0 saturated heterocycles. The largest absolute Gasteiger partial charge is 0.362 e. The number of nitrogens with zero attached hydrogens (tertiary/aromatic N) is 2. The normalized spacial score (nSPS) is 12.7. The molecule has 0 amide bonds. The van der Waals surface area contributed by atoms with Crippen LogP contribution in [0.25, 0.3) is 0 Å². The molecule has 1 N–H and O–H groups in total. The highest BCUT2D eigenvalue weighted by Crippen LogP contribution is 2.29. The van der Waals surface area contributed by atoms with E-state index in [1.165, 1.54) is 4.88 Å². The Labute approximate surface area is 126 Å². The third kappa shape index (κ3) is 3.76. The van der Waals surface area contributed by atoms with Gasteiger partial charge in [-0.2, -0.15) is 0 Å². The average Bonchev–Trinajstić information content (AvgIpc) is 2.88. The number of halogens is 1. The summed E-state index contributed by atoms with van der Waals surface area (Å²) in [5.74, 6) is 2.23. The van der Waals surface area contributed by atoms with E-state index >= 15 is 0 Å². The van der Waals surface area contributed by atoms with Crippen LogP contribution in [0.2, 0.25) is 0 Å². The molecule has 0 aliphatic heterocycles. The van der Waals surface area contributed by atoms with E-state index in [0.717, 1.165) is 22.7 Å². The van der Waals surface area contributed by atoms with Gasteiger partial charge in [0, 0.05) is 17.4 Å². The molecule has 3 nitrogen and oxygen atoms in total. The Bertz CT molecular complexity index is 525. The van der Waals surface area contributed by atoms with E-state index in [1.807, 2.05) is 6.07 Å². The molecule has 0 saturated carbocycles. The minimum Gasteiger partial charge on any atom is -0.362 e. The molecule has 1 unspecified atom stereocenters. The Morgan fingerprint density at radius 3 is 2.74 bits per heavy atom. The smallest absolute Gasteiger partial charge is 0.131 e. The lowest BCUT2D eigenvalue weighted by atomic mass is 10.0. The van der Waals surface area contributed by atoms with E-state index < -0.39 is 0 Å². The Balaban J connectivity index is 2.24. The molecule has 0 radical (unpaired) electrons. The number of nitrogens with one attached hydrogen (secondary N) is 1. The van der Waals surface area contributed by atoms with Gasteiger partial charge in [0.15, 0.2) is 0 Å². The molecule has 2 rings (SSSR count). The molecular formula is C14H18BrN3S. The van der Waals surface area contributed by atoms with Crippen LogP contribution in [-0.2, 0) is 6.42 Å².